The summed E-state index contributed by atoms with van der Waals surface area (Å²) >= 11 is 1.75. The lowest BCUT2D eigenvalue weighted by molar-refractivity contribution is -0.124. The minimum absolute atomic E-state index is 0.172. The predicted octanol–water partition coefficient (Wildman–Crippen LogP) is 1.93. The van der Waals surface area contributed by atoms with E-state index in [0.29, 0.717) is 12.6 Å². The van der Waals surface area contributed by atoms with Crippen molar-refractivity contribution in [1.29, 1.82) is 0 Å². The average Bonchev–Trinajstić information content (AvgIpc) is 2.98. The summed E-state index contributed by atoms with van der Waals surface area (Å²) in [5.41, 5.74) is 0. The predicted molar refractivity (Wildman–Crippen MR) is 64.6 cm³/mol. The maximum absolute atomic E-state index is 11.6. The van der Waals surface area contributed by atoms with Gasteiger partial charge in [0.15, 0.2) is 5.78 Å². The van der Waals surface area contributed by atoms with E-state index in [1.807, 2.05) is 0 Å². The van der Waals surface area contributed by atoms with Gasteiger partial charge in [-0.1, -0.05) is 6.07 Å². The number of ketones is 1. The summed E-state index contributed by atoms with van der Waals surface area (Å²) in [5.74, 6) is 0.172. The first-order valence-corrected chi connectivity index (χ1v) is 6.44. The van der Waals surface area contributed by atoms with Crippen molar-refractivity contribution in [2.24, 2.45) is 0 Å². The summed E-state index contributed by atoms with van der Waals surface area (Å²) in [6.07, 6.45) is 2.46. The van der Waals surface area contributed by atoms with Crippen LogP contribution in [0, 0.1) is 0 Å². The monoisotopic (exact) mass is 239 g/mol. The lowest BCUT2D eigenvalue weighted by atomic mass is 10.3. The van der Waals surface area contributed by atoms with Crippen LogP contribution in [0.15, 0.2) is 17.5 Å². The molecule has 1 saturated carbocycles. The van der Waals surface area contributed by atoms with Crippen LogP contribution in [0.1, 0.15) is 17.7 Å². The quantitative estimate of drug-likeness (QED) is 0.728. The number of carbonyl (C=O) groups is 1. The van der Waals surface area contributed by atoms with Gasteiger partial charge in [0.1, 0.15) is 6.61 Å². The number of ether oxygens (including phenoxy) is 1. The van der Waals surface area contributed by atoms with Crippen LogP contribution >= 0.6 is 11.3 Å². The van der Waals surface area contributed by atoms with Gasteiger partial charge in [0.05, 0.1) is 6.54 Å². The van der Waals surface area contributed by atoms with Crippen molar-refractivity contribution in [1.82, 2.24) is 4.90 Å². The molecular weight excluding hydrogens is 222 g/mol. The molecule has 0 bridgehead atoms. The second kappa shape index (κ2) is 5.57. The van der Waals surface area contributed by atoms with Crippen molar-refractivity contribution < 1.29 is 9.53 Å². The molecule has 2 rings (SSSR count). The van der Waals surface area contributed by atoms with Gasteiger partial charge in [0.2, 0.25) is 0 Å². The average molecular weight is 239 g/mol. The van der Waals surface area contributed by atoms with Gasteiger partial charge >= 0.3 is 0 Å². The van der Waals surface area contributed by atoms with Crippen molar-refractivity contribution in [3.63, 3.8) is 0 Å². The lowest BCUT2D eigenvalue weighted by Crippen LogP contribution is -2.32. The SMILES string of the molecule is COCC(=O)CN(Cc1cccs1)C1CC1. The van der Waals surface area contributed by atoms with Crippen molar-refractivity contribution in [2.75, 3.05) is 20.3 Å². The van der Waals surface area contributed by atoms with Gasteiger partial charge in [-0.2, -0.15) is 0 Å². The molecular formula is C12H17NO2S. The molecule has 1 aliphatic rings. The molecule has 0 aromatic carbocycles. The Labute approximate surface area is 100 Å². The Hall–Kier alpha value is -0.710. The van der Waals surface area contributed by atoms with Gasteiger partial charge in [-0.05, 0) is 24.3 Å². The first-order chi connectivity index (χ1) is 7.79. The van der Waals surface area contributed by atoms with Gasteiger partial charge in [0, 0.05) is 24.6 Å². The molecule has 1 aliphatic carbocycles. The third kappa shape index (κ3) is 3.40. The normalized spacial score (nSPS) is 15.6. The molecule has 1 aromatic rings. The van der Waals surface area contributed by atoms with E-state index in [0.717, 1.165) is 6.54 Å². The van der Waals surface area contributed by atoms with E-state index in [-0.39, 0.29) is 12.4 Å². The van der Waals surface area contributed by atoms with E-state index in [1.54, 1.807) is 18.4 Å². The fraction of sp³-hybridized carbons (Fsp3) is 0.583. The van der Waals surface area contributed by atoms with Gasteiger partial charge in [0.25, 0.3) is 0 Å². The Kier molecular flexibility index (Phi) is 4.09. The maximum Gasteiger partial charge on any atom is 0.172 e. The third-order valence-electron chi connectivity index (χ3n) is 2.69. The highest BCUT2D eigenvalue weighted by atomic mass is 32.1. The molecule has 0 N–H and O–H groups in total. The largest absolute Gasteiger partial charge is 0.377 e. The topological polar surface area (TPSA) is 29.5 Å². The Morgan fingerprint density at radius 2 is 2.44 bits per heavy atom. The number of thiophene rings is 1. The molecule has 1 fully saturated rings. The Bertz CT molecular complexity index is 333. The van der Waals surface area contributed by atoms with Crippen LogP contribution < -0.4 is 0 Å². The summed E-state index contributed by atoms with van der Waals surface area (Å²) in [5, 5.41) is 2.08. The Balaban J connectivity index is 1.87. The van der Waals surface area contributed by atoms with Crippen molar-refractivity contribution >= 4 is 17.1 Å². The van der Waals surface area contributed by atoms with E-state index in [9.17, 15) is 4.79 Å². The summed E-state index contributed by atoms with van der Waals surface area (Å²) < 4.78 is 4.87. The molecule has 1 aromatic heterocycles. The minimum Gasteiger partial charge on any atom is -0.377 e. The van der Waals surface area contributed by atoms with Gasteiger partial charge < -0.3 is 4.74 Å². The smallest absolute Gasteiger partial charge is 0.172 e. The van der Waals surface area contributed by atoms with Crippen LogP contribution in [0.5, 0.6) is 0 Å². The molecule has 88 valence electrons. The number of hydrogen-bond acceptors (Lipinski definition) is 4. The molecule has 16 heavy (non-hydrogen) atoms. The van der Waals surface area contributed by atoms with E-state index in [2.05, 4.69) is 22.4 Å². The summed E-state index contributed by atoms with van der Waals surface area (Å²) in [6, 6.07) is 4.80. The molecule has 0 radical (unpaired) electrons. The zero-order valence-corrected chi connectivity index (χ0v) is 10.3. The van der Waals surface area contributed by atoms with Crippen LogP contribution in [-0.2, 0) is 16.1 Å². The first-order valence-electron chi connectivity index (χ1n) is 5.56. The minimum atomic E-state index is 0.172. The highest BCUT2D eigenvalue weighted by molar-refractivity contribution is 7.09. The first kappa shape index (κ1) is 11.8. The summed E-state index contributed by atoms with van der Waals surface area (Å²) in [7, 11) is 1.57. The highest BCUT2D eigenvalue weighted by Gasteiger charge is 2.30. The molecule has 1 heterocycles. The molecule has 0 aliphatic heterocycles. The standard InChI is InChI=1S/C12H17NO2S/c1-15-9-11(14)7-13(10-4-5-10)8-12-3-2-6-16-12/h2-3,6,10H,4-5,7-9H2,1H3. The summed E-state index contributed by atoms with van der Waals surface area (Å²) in [4.78, 5) is 15.2. The van der Waals surface area contributed by atoms with Crippen molar-refractivity contribution in [2.45, 2.75) is 25.4 Å². The number of methoxy groups -OCH3 is 1. The van der Waals surface area contributed by atoms with E-state index in [1.165, 1.54) is 17.7 Å². The van der Waals surface area contributed by atoms with Crippen LogP contribution in [0.2, 0.25) is 0 Å². The van der Waals surface area contributed by atoms with E-state index >= 15 is 0 Å². The Morgan fingerprint density at radius 1 is 1.62 bits per heavy atom. The number of rotatable bonds is 7. The number of hydrogen-bond donors (Lipinski definition) is 0. The van der Waals surface area contributed by atoms with Crippen molar-refractivity contribution in [3.8, 4) is 0 Å². The molecule has 4 heteroatoms. The maximum atomic E-state index is 11.6. The van der Waals surface area contributed by atoms with Gasteiger partial charge in [-0.15, -0.1) is 11.3 Å². The number of Topliss-reactive ketones (excluding diaryl/α,β-unsaturated/α-hetero) is 1. The van der Waals surface area contributed by atoms with Gasteiger partial charge in [-0.25, -0.2) is 0 Å². The fourth-order valence-corrected chi connectivity index (χ4v) is 2.52. The van der Waals surface area contributed by atoms with E-state index in [4.69, 9.17) is 4.74 Å². The lowest BCUT2D eigenvalue weighted by Gasteiger charge is -2.20. The number of carbonyl (C=O) groups excluding carboxylic acids is 1. The third-order valence-corrected chi connectivity index (χ3v) is 3.55. The highest BCUT2D eigenvalue weighted by Crippen LogP contribution is 2.28. The van der Waals surface area contributed by atoms with Crippen LogP contribution in [0.3, 0.4) is 0 Å². The summed E-state index contributed by atoms with van der Waals surface area (Å²) in [6.45, 7) is 1.65. The van der Waals surface area contributed by atoms with Crippen LogP contribution in [0.25, 0.3) is 0 Å². The molecule has 0 spiro atoms. The second-order valence-electron chi connectivity index (χ2n) is 4.19. The number of nitrogens with zero attached hydrogens (tertiary/aromatic N) is 1. The molecule has 0 saturated heterocycles. The molecule has 0 unspecified atom stereocenters. The zero-order chi connectivity index (χ0) is 11.4. The second-order valence-corrected chi connectivity index (χ2v) is 5.22. The Morgan fingerprint density at radius 3 is 3.00 bits per heavy atom. The zero-order valence-electron chi connectivity index (χ0n) is 9.52. The molecule has 0 atom stereocenters. The van der Waals surface area contributed by atoms with Crippen LogP contribution in [-0.4, -0.2) is 37.0 Å². The molecule has 0 amide bonds. The van der Waals surface area contributed by atoms with Crippen molar-refractivity contribution in [3.05, 3.63) is 22.4 Å². The van der Waals surface area contributed by atoms with E-state index < -0.39 is 0 Å². The fourth-order valence-electron chi connectivity index (χ4n) is 1.79. The van der Waals surface area contributed by atoms with Crippen LogP contribution in [0.4, 0.5) is 0 Å². The van der Waals surface area contributed by atoms with Gasteiger partial charge in [-0.3, -0.25) is 9.69 Å². The molecule has 3 nitrogen and oxygen atoms in total.